The number of methoxy groups -OCH3 is 9. The van der Waals surface area contributed by atoms with E-state index in [2.05, 4.69) is 63.5 Å². The number of esters is 1. The first-order chi connectivity index (χ1) is 42.8. The molecule has 94 heavy (non-hydrogen) atoms. The molecule has 0 spiro atoms. The molecule has 3 N–H and O–H groups in total. The van der Waals surface area contributed by atoms with Crippen molar-refractivity contribution in [1.82, 2.24) is 0 Å². The Morgan fingerprint density at radius 3 is 0.904 bits per heavy atom. The van der Waals surface area contributed by atoms with E-state index in [1.807, 2.05) is 60.7 Å². The Balaban J connectivity index is -0.000000336. The predicted molar refractivity (Wildman–Crippen MR) is 370 cm³/mol. The molecule has 17 nitrogen and oxygen atoms in total. The normalized spacial score (nSPS) is 10.7. The molecule has 0 aliphatic rings. The Morgan fingerprint density at radius 2 is 0.670 bits per heavy atom. The van der Waals surface area contributed by atoms with Gasteiger partial charge in [0.05, 0.1) is 44.3 Å². The number of Topliss-reactive ketones (excluding diaryl/α,β-unsaturated/α-hetero) is 1. The van der Waals surface area contributed by atoms with Crippen molar-refractivity contribution in [3.63, 3.8) is 0 Å². The molecule has 0 fully saturated rings. The van der Waals surface area contributed by atoms with Gasteiger partial charge in [0.1, 0.15) is 53.3 Å². The first kappa shape index (κ1) is 94.7. The molecule has 1 unspecified atom stereocenters. The van der Waals surface area contributed by atoms with Crippen LogP contribution < -0.4 is 14.2 Å². The highest BCUT2D eigenvalue weighted by atomic mass is 32.2. The molecule has 0 radical (unpaired) electrons. The van der Waals surface area contributed by atoms with E-state index in [-0.39, 0.29) is 77.9 Å². The van der Waals surface area contributed by atoms with Crippen LogP contribution in [-0.2, 0) is 63.4 Å². The van der Waals surface area contributed by atoms with Gasteiger partial charge in [-0.25, -0.2) is 8.42 Å². The summed E-state index contributed by atoms with van der Waals surface area (Å²) in [6.07, 6.45) is -4.47. The zero-order valence-corrected chi connectivity index (χ0v) is 56.6. The number of hydrogen-bond donors (Lipinski definition) is 3. The Hall–Kier alpha value is -8.02. The Labute approximate surface area is 559 Å². The predicted octanol–water partition coefficient (Wildman–Crippen LogP) is 16.0. The molecule has 0 aliphatic carbocycles. The van der Waals surface area contributed by atoms with Gasteiger partial charge in [-0.3, -0.25) is 9.59 Å². The molecular weight excluding hydrogens is 1240 g/mol. The summed E-state index contributed by atoms with van der Waals surface area (Å²) in [7, 11) is 14.2. The van der Waals surface area contributed by atoms with Crippen LogP contribution in [0.5, 0.6) is 34.5 Å². The summed E-state index contributed by atoms with van der Waals surface area (Å²) in [6.45, 7) is 14.1. The van der Waals surface area contributed by atoms with Gasteiger partial charge in [-0.05, 0) is 133 Å². The van der Waals surface area contributed by atoms with E-state index in [1.54, 1.807) is 88.3 Å². The minimum Gasteiger partial charge on any atom is -0.508 e. The van der Waals surface area contributed by atoms with Crippen molar-refractivity contribution in [2.45, 2.75) is 97.5 Å². The molecule has 1 atom stereocenters. The van der Waals surface area contributed by atoms with Gasteiger partial charge in [0, 0.05) is 74.6 Å². The molecule has 0 aromatic heterocycles. The standard InChI is InChI=1S/C16H15F3O2.C16H18O2.C13H12O4S.C7H16O2.C6H6.C5H8O3.C3H8O2.2C2H6O.3CH4/c1-15(16(17,18)19,11-3-7-13(20)8-4-11)12-5-9-14(21-2)10-6-12;1-16(2,12-4-8-14(17)9-5-12)13-6-10-15(18-3)11-7-13;1-17-11-4-8-13(9-5-11)18(15,16)12-6-2-10(14)3-7-12;1-7(2,5-8-3)6-9-4;1-2-4-6-5-3-1;1-4(6)3-8-5(2)7;1-4-3-5-2;2*1-3-2;;;/h3-10,20H,1-2H3;4-11,17H,1-3H3;2-9,14H,1H3;5-6H2,1-4H3;1-6H;3H2,1-2H3;3H2,1-2H3;2*1-2H3;3*1H4. The molecule has 0 bridgehead atoms. The van der Waals surface area contributed by atoms with Crippen molar-refractivity contribution in [1.29, 1.82) is 0 Å². The number of phenols is 3. The average Bonchev–Trinajstić information content (AvgIpc) is 0.767. The van der Waals surface area contributed by atoms with Crippen LogP contribution in [0, 0.1) is 5.41 Å². The largest absolute Gasteiger partial charge is 0.508 e. The molecule has 0 aliphatic heterocycles. The fraction of sp³-hybridized carbons (Fsp3) is 0.397. The fourth-order valence-electron chi connectivity index (χ4n) is 7.31. The molecule has 7 aromatic rings. The maximum atomic E-state index is 13.7. The number of ketones is 1. The summed E-state index contributed by atoms with van der Waals surface area (Å²) in [5.41, 5.74) is 0.468. The molecule has 0 amide bonds. The molecule has 7 rings (SSSR count). The van der Waals surface area contributed by atoms with Crippen molar-refractivity contribution in [2.75, 3.05) is 105 Å². The third-order valence-electron chi connectivity index (χ3n) is 12.0. The van der Waals surface area contributed by atoms with Crippen molar-refractivity contribution < 1.29 is 93.9 Å². The van der Waals surface area contributed by atoms with Crippen LogP contribution >= 0.6 is 0 Å². The van der Waals surface area contributed by atoms with Gasteiger partial charge >= 0.3 is 12.1 Å². The van der Waals surface area contributed by atoms with Crippen LogP contribution in [0.25, 0.3) is 0 Å². The van der Waals surface area contributed by atoms with Crippen LogP contribution in [0.15, 0.2) is 192 Å². The number of benzene rings is 7. The molecule has 0 saturated heterocycles. The third kappa shape index (κ3) is 37.6. The number of hydrogen-bond acceptors (Lipinski definition) is 17. The summed E-state index contributed by atoms with van der Waals surface area (Å²) in [4.78, 5) is 20.4. The number of carbonyl (C=O) groups is 2. The highest BCUT2D eigenvalue weighted by Gasteiger charge is 2.53. The number of sulfone groups is 1. The highest BCUT2D eigenvalue weighted by Crippen LogP contribution is 2.46. The van der Waals surface area contributed by atoms with Crippen molar-refractivity contribution in [2.24, 2.45) is 5.41 Å². The van der Waals surface area contributed by atoms with E-state index in [4.69, 9.17) is 28.8 Å². The lowest BCUT2D eigenvalue weighted by atomic mass is 9.75. The lowest BCUT2D eigenvalue weighted by molar-refractivity contribution is -0.173. The maximum Gasteiger partial charge on any atom is 0.402 e. The number of phenolic OH excluding ortho intramolecular Hbond substituents is 3. The van der Waals surface area contributed by atoms with E-state index in [9.17, 15) is 41.4 Å². The van der Waals surface area contributed by atoms with Crippen LogP contribution in [0.3, 0.4) is 0 Å². The SMILES string of the molecule is C.C.C.CC(=O)COC(C)=O.COC.COC.COCC(C)(C)COC.COCOC.COc1ccc(C(C)(C)c2ccc(O)cc2)cc1.COc1ccc(C(C)(c2ccc(O)cc2)C(F)(F)F)cc1.COc1ccc(S(=O)(=O)c2ccc(O)cc2)cc1.c1ccccc1. The van der Waals surface area contributed by atoms with Gasteiger partial charge in [0.2, 0.25) is 9.84 Å². The molecule has 0 heterocycles. The van der Waals surface area contributed by atoms with Crippen molar-refractivity contribution in [3.8, 4) is 34.5 Å². The molecule has 21 heteroatoms. The maximum absolute atomic E-state index is 13.7. The highest BCUT2D eigenvalue weighted by molar-refractivity contribution is 7.91. The van der Waals surface area contributed by atoms with Crippen LogP contribution in [0.2, 0.25) is 0 Å². The van der Waals surface area contributed by atoms with Gasteiger partial charge in [-0.15, -0.1) is 0 Å². The van der Waals surface area contributed by atoms with Gasteiger partial charge in [-0.2, -0.15) is 13.2 Å². The Bertz CT molecular complexity index is 3020. The van der Waals surface area contributed by atoms with Gasteiger partial charge in [-0.1, -0.05) is 135 Å². The molecular formula is C73H107F3O17S. The van der Waals surface area contributed by atoms with Crippen LogP contribution in [-0.4, -0.2) is 146 Å². The van der Waals surface area contributed by atoms with E-state index < -0.39 is 27.4 Å². The van der Waals surface area contributed by atoms with Crippen LogP contribution in [0.1, 0.15) is 93.0 Å². The first-order valence-corrected chi connectivity index (χ1v) is 29.4. The summed E-state index contributed by atoms with van der Waals surface area (Å²) in [5.74, 6) is 1.65. The third-order valence-corrected chi connectivity index (χ3v) is 13.8. The minimum absolute atomic E-state index is 0. The topological polar surface area (TPSA) is 221 Å². The fourth-order valence-corrected chi connectivity index (χ4v) is 8.57. The zero-order chi connectivity index (χ0) is 69.7. The number of aromatic hydroxyl groups is 3. The molecule has 528 valence electrons. The van der Waals surface area contributed by atoms with E-state index in [1.165, 1.54) is 124 Å². The van der Waals surface area contributed by atoms with E-state index in [0.29, 0.717) is 24.0 Å². The summed E-state index contributed by atoms with van der Waals surface area (Å²) in [6, 6.07) is 49.9. The molecule has 0 saturated carbocycles. The number of alkyl halides is 3. The second kappa shape index (κ2) is 51.4. The second-order valence-corrected chi connectivity index (χ2v) is 22.6. The number of ether oxygens (including phenoxy) is 10. The Kier molecular flexibility index (Phi) is 51.8. The van der Waals surface area contributed by atoms with Gasteiger partial charge < -0.3 is 62.7 Å². The smallest absolute Gasteiger partial charge is 0.402 e. The van der Waals surface area contributed by atoms with Gasteiger partial charge in [0.25, 0.3) is 0 Å². The summed E-state index contributed by atoms with van der Waals surface area (Å²) in [5, 5.41) is 27.8. The minimum atomic E-state index is -4.47. The van der Waals surface area contributed by atoms with Crippen molar-refractivity contribution in [3.05, 3.63) is 204 Å². The average molecular weight is 1350 g/mol. The first-order valence-electron chi connectivity index (χ1n) is 27.9. The quantitative estimate of drug-likeness (QED) is 0.0570. The lowest BCUT2D eigenvalue weighted by Gasteiger charge is -2.33. The van der Waals surface area contributed by atoms with E-state index in [0.717, 1.165) is 25.9 Å². The summed E-state index contributed by atoms with van der Waals surface area (Å²) >= 11 is 0. The summed E-state index contributed by atoms with van der Waals surface area (Å²) < 4.78 is 112. The monoisotopic (exact) mass is 1340 g/mol. The zero-order valence-electron chi connectivity index (χ0n) is 55.7. The number of carbonyl (C=O) groups excluding carboxylic acids is 2. The van der Waals surface area contributed by atoms with E-state index >= 15 is 0 Å². The molecule has 7 aromatic carbocycles. The van der Waals surface area contributed by atoms with Gasteiger partial charge in [0.15, 0.2) is 5.78 Å². The number of halogens is 3. The van der Waals surface area contributed by atoms with Crippen molar-refractivity contribution >= 4 is 21.6 Å². The Morgan fingerprint density at radius 1 is 0.415 bits per heavy atom. The lowest BCUT2D eigenvalue weighted by Crippen LogP contribution is -2.40. The van der Waals surface area contributed by atoms with Crippen LogP contribution in [0.4, 0.5) is 13.2 Å². The second-order valence-electron chi connectivity index (χ2n) is 20.7. The number of rotatable bonds is 17.